The average Bonchev–Trinajstić information content (AvgIpc) is 3.01. The van der Waals surface area contributed by atoms with E-state index in [1.54, 1.807) is 0 Å². The molecule has 45 heavy (non-hydrogen) atoms. The number of aliphatic carboxylic acids is 1. The summed E-state index contributed by atoms with van der Waals surface area (Å²) in [6, 6.07) is -1.54. The van der Waals surface area contributed by atoms with Crippen LogP contribution < -0.4 is 5.32 Å². The maximum Gasteiger partial charge on any atom is 0.472 e. The van der Waals surface area contributed by atoms with Crippen LogP contribution in [0.3, 0.4) is 0 Å². The minimum Gasteiger partial charge on any atom is -0.480 e. The number of unbranched alkanes of at least 4 members (excludes halogenated alkanes) is 14. The van der Waals surface area contributed by atoms with Gasteiger partial charge in [0.15, 0.2) is 6.04 Å². The molecule has 0 aromatic heterocycles. The van der Waals surface area contributed by atoms with Crippen molar-refractivity contribution in [1.82, 2.24) is 5.32 Å². The van der Waals surface area contributed by atoms with E-state index < -0.39 is 57.6 Å². The second kappa shape index (κ2) is 29.4. The fourth-order valence-electron chi connectivity index (χ4n) is 4.31. The summed E-state index contributed by atoms with van der Waals surface area (Å²) in [6.07, 6.45) is 28.1. The molecule has 0 spiro atoms. The number of allylic oxidation sites excluding steroid dienone is 4. The minimum atomic E-state index is -4.71. The van der Waals surface area contributed by atoms with E-state index >= 15 is 0 Å². The molecule has 0 aliphatic heterocycles. The van der Waals surface area contributed by atoms with Gasteiger partial charge >= 0.3 is 19.8 Å². The number of amides is 1. The Morgan fingerprint density at radius 3 is 1.78 bits per heavy atom. The normalized spacial score (nSPS) is 14.4. The van der Waals surface area contributed by atoms with Crippen LogP contribution in [0.15, 0.2) is 24.3 Å². The molecule has 3 atom stereocenters. The van der Waals surface area contributed by atoms with E-state index in [0.717, 1.165) is 25.7 Å². The van der Waals surface area contributed by atoms with E-state index in [4.69, 9.17) is 9.84 Å². The van der Waals surface area contributed by atoms with E-state index in [1.165, 1.54) is 84.0 Å². The highest BCUT2D eigenvalue weighted by atomic mass is 31.2. The largest absolute Gasteiger partial charge is 0.480 e. The second-order valence-electron chi connectivity index (χ2n) is 11.3. The molecule has 0 aromatic carbocycles. The third-order valence-electron chi connectivity index (χ3n) is 7.06. The highest BCUT2D eigenvalue weighted by Gasteiger charge is 2.28. The van der Waals surface area contributed by atoms with Crippen LogP contribution in [0.25, 0.3) is 0 Å². The summed E-state index contributed by atoms with van der Waals surface area (Å²) in [7, 11) is -4.71. The van der Waals surface area contributed by atoms with Gasteiger partial charge < -0.3 is 25.2 Å². The molecule has 0 aliphatic rings. The number of carboxylic acids is 1. The number of rotatable bonds is 31. The number of hydrogen-bond acceptors (Lipinski definition) is 8. The maximum atomic E-state index is 11.9. The van der Waals surface area contributed by atoms with Crippen LogP contribution in [0.1, 0.15) is 136 Å². The monoisotopic (exact) mass is 661 g/mol. The molecule has 0 saturated heterocycles. The summed E-state index contributed by atoms with van der Waals surface area (Å²) in [4.78, 5) is 44.1. The van der Waals surface area contributed by atoms with E-state index in [-0.39, 0.29) is 12.8 Å². The van der Waals surface area contributed by atoms with Gasteiger partial charge in [0, 0.05) is 12.8 Å². The van der Waals surface area contributed by atoms with Crippen LogP contribution in [0.5, 0.6) is 0 Å². The Morgan fingerprint density at radius 2 is 1.24 bits per heavy atom. The molecule has 0 aromatic rings. The van der Waals surface area contributed by atoms with Gasteiger partial charge in [0.05, 0.1) is 13.2 Å². The standard InChI is InChI=1S/C33H60NO10P/c1-3-5-6-7-8-9-10-11-12-13-14-15-16-17-18-19-20-21-22-23-24-25-32(37)42-26-29(35)27-43-45(40,41)44-28-30(33(38)39)34-31(36)4-2/h8-9,11-12,29-30,35H,3-7,10,13-28H2,1-2H3,(H,34,36)(H,38,39)(H,40,41)/b9-8-,12-11-. The number of aliphatic hydroxyl groups is 1. The van der Waals surface area contributed by atoms with Gasteiger partial charge in [-0.3, -0.25) is 18.6 Å². The third kappa shape index (κ3) is 29.1. The smallest absolute Gasteiger partial charge is 0.472 e. The number of carbonyl (C=O) groups excluding carboxylic acids is 2. The lowest BCUT2D eigenvalue weighted by atomic mass is 10.0. The Morgan fingerprint density at radius 1 is 0.733 bits per heavy atom. The molecule has 3 unspecified atom stereocenters. The van der Waals surface area contributed by atoms with Crippen molar-refractivity contribution in [3.05, 3.63) is 24.3 Å². The number of carbonyl (C=O) groups is 3. The van der Waals surface area contributed by atoms with Crippen LogP contribution in [0, 0.1) is 0 Å². The van der Waals surface area contributed by atoms with Gasteiger partial charge in [-0.15, -0.1) is 0 Å². The molecule has 4 N–H and O–H groups in total. The van der Waals surface area contributed by atoms with Gasteiger partial charge in [-0.25, -0.2) is 9.36 Å². The molecule has 0 saturated carbocycles. The van der Waals surface area contributed by atoms with Gasteiger partial charge in [-0.2, -0.15) is 0 Å². The highest BCUT2D eigenvalue weighted by Crippen LogP contribution is 2.43. The summed E-state index contributed by atoms with van der Waals surface area (Å²) in [5.74, 6) is -2.49. The molecule has 12 heteroatoms. The molecule has 0 aliphatic carbocycles. The zero-order valence-electron chi connectivity index (χ0n) is 27.7. The first-order chi connectivity index (χ1) is 21.6. The number of phosphoric ester groups is 1. The number of hydrogen-bond donors (Lipinski definition) is 4. The van der Waals surface area contributed by atoms with Crippen molar-refractivity contribution < 1.29 is 47.8 Å². The van der Waals surface area contributed by atoms with Crippen molar-refractivity contribution in [2.24, 2.45) is 0 Å². The Hall–Kier alpha value is -2.04. The van der Waals surface area contributed by atoms with Crippen molar-refractivity contribution >= 4 is 25.7 Å². The van der Waals surface area contributed by atoms with Crippen LogP contribution in [0.2, 0.25) is 0 Å². The van der Waals surface area contributed by atoms with Crippen molar-refractivity contribution in [3.63, 3.8) is 0 Å². The Kier molecular flexibility index (Phi) is 28.0. The summed E-state index contributed by atoms with van der Waals surface area (Å²) < 4.78 is 26.1. The average molecular weight is 662 g/mol. The van der Waals surface area contributed by atoms with Gasteiger partial charge in [0.1, 0.15) is 12.7 Å². The molecule has 262 valence electrons. The SMILES string of the molecule is CCCCC/C=C\C/C=C\CCCCCCCCCCCCCC(=O)OCC(O)COP(=O)(O)OCC(NC(=O)CC)C(=O)O. The van der Waals surface area contributed by atoms with Gasteiger partial charge in [0.2, 0.25) is 5.91 Å². The lowest BCUT2D eigenvalue weighted by Crippen LogP contribution is -2.43. The first-order valence-corrected chi connectivity index (χ1v) is 18.4. The molecular formula is C33H60NO10P. The van der Waals surface area contributed by atoms with Crippen molar-refractivity contribution in [2.75, 3.05) is 19.8 Å². The molecule has 0 heterocycles. The maximum absolute atomic E-state index is 11.9. The Balaban J connectivity index is 3.67. The van der Waals surface area contributed by atoms with Crippen molar-refractivity contribution in [3.8, 4) is 0 Å². The van der Waals surface area contributed by atoms with E-state index in [0.29, 0.717) is 6.42 Å². The predicted octanol–water partition coefficient (Wildman–Crippen LogP) is 7.16. The molecule has 0 rings (SSSR count). The molecular weight excluding hydrogens is 601 g/mol. The number of nitrogens with one attached hydrogen (secondary N) is 1. The molecule has 11 nitrogen and oxygen atoms in total. The van der Waals surface area contributed by atoms with E-state index in [1.807, 2.05) is 0 Å². The van der Waals surface area contributed by atoms with Gasteiger partial charge in [-0.05, 0) is 38.5 Å². The third-order valence-corrected chi connectivity index (χ3v) is 8.01. The van der Waals surface area contributed by atoms with Crippen LogP contribution in [-0.2, 0) is 32.7 Å². The fourth-order valence-corrected chi connectivity index (χ4v) is 5.08. The lowest BCUT2D eigenvalue weighted by molar-refractivity contribution is -0.147. The zero-order chi connectivity index (χ0) is 33.6. The van der Waals surface area contributed by atoms with Crippen molar-refractivity contribution in [1.29, 1.82) is 0 Å². The Bertz CT molecular complexity index is 880. The number of ether oxygens (including phenoxy) is 1. The number of aliphatic hydroxyl groups excluding tert-OH is 1. The quantitative estimate of drug-likeness (QED) is 0.0259. The molecule has 0 bridgehead atoms. The van der Waals surface area contributed by atoms with E-state index in [2.05, 4.69) is 45.6 Å². The number of carboxylic acid groups (broad SMARTS) is 1. The summed E-state index contributed by atoms with van der Waals surface area (Å²) in [5.41, 5.74) is 0. The second-order valence-corrected chi connectivity index (χ2v) is 12.8. The first kappa shape index (κ1) is 43.0. The van der Waals surface area contributed by atoms with Gasteiger partial charge in [-0.1, -0.05) is 109 Å². The first-order valence-electron chi connectivity index (χ1n) is 16.9. The van der Waals surface area contributed by atoms with Crippen LogP contribution >= 0.6 is 7.82 Å². The zero-order valence-corrected chi connectivity index (χ0v) is 28.6. The number of phosphoric acid groups is 1. The summed E-state index contributed by atoms with van der Waals surface area (Å²) in [6.45, 7) is 1.85. The summed E-state index contributed by atoms with van der Waals surface area (Å²) in [5, 5.41) is 21.1. The fraction of sp³-hybridized carbons (Fsp3) is 0.788. The predicted molar refractivity (Wildman–Crippen MR) is 176 cm³/mol. The van der Waals surface area contributed by atoms with E-state index in [9.17, 15) is 28.9 Å². The van der Waals surface area contributed by atoms with Crippen LogP contribution in [-0.4, -0.2) is 64.9 Å². The van der Waals surface area contributed by atoms with Crippen LogP contribution in [0.4, 0.5) is 0 Å². The van der Waals surface area contributed by atoms with Gasteiger partial charge in [0.25, 0.3) is 0 Å². The molecule has 0 radical (unpaired) electrons. The summed E-state index contributed by atoms with van der Waals surface area (Å²) >= 11 is 0. The van der Waals surface area contributed by atoms with Crippen molar-refractivity contribution in [2.45, 2.75) is 148 Å². The topological polar surface area (TPSA) is 169 Å². The lowest BCUT2D eigenvalue weighted by Gasteiger charge is -2.18. The molecule has 0 fully saturated rings. The number of esters is 1. The highest BCUT2D eigenvalue weighted by molar-refractivity contribution is 7.47. The minimum absolute atomic E-state index is 0.0270. The molecule has 1 amide bonds. The Labute approximate surface area is 270 Å².